The Kier molecular flexibility index (Phi) is 59.2. The Hall–Kier alpha value is -1.25. The van der Waals surface area contributed by atoms with E-state index in [-0.39, 0.29) is 215 Å². The second kappa shape index (κ2) is 62.3. The Labute approximate surface area is 889 Å². The van der Waals surface area contributed by atoms with Gasteiger partial charge in [-0.15, -0.1) is 0 Å². The van der Waals surface area contributed by atoms with Gasteiger partial charge in [0, 0.05) is 106 Å². The number of carbonyl (C=O) groups excluding carboxylic acids is 5. The first-order valence-electron chi connectivity index (χ1n) is 50.2. The molecule has 11 saturated heterocycles. The molecule has 11 aliphatic heterocycles. The summed E-state index contributed by atoms with van der Waals surface area (Å²) in [6.07, 6.45) is -3.51. The smallest absolute Gasteiger partial charge is 1.00 e. The van der Waals surface area contributed by atoms with E-state index in [2.05, 4.69) is 119 Å². The SMILES string of the molecule is C.[B][C@@H]1O[C@H](CC)[C@H](O)C1O.[B][C@@H]1O[C@H](CC)[C@H](O)C1OC[C@H]1O[C@@H]([B])C[C@H]1O.[B][C@@H]1O[C@H](CC)[C@H](O)C1OC[C@H]1O[C@@H]([B])C[C@H]1O[Si](C)(C)C(C)(C)C.[B][C@@H]1O[C@H](CC)[C@H](OC(=O)CCC(=O)NC)C1OC[C@H]1O[C@@H]([B])C[C@H]1O[Si](C)(C)C(C)(C)C.[B][C@@H]1O[C@H](CC)[C@H](OC(C)=O)C1OC[C@H]1O[C@@H]([B])C[C@H]1OC(=O)CCC(=O)NC.[B][C@H]1C[C@@H](O)[C@@H](CC)O1.[B][C@H]1C[C@@H](O[Si](C)(C)C(C)(C)C)[C@@H](CC)O1.[H-].[Na+]. The number of esters is 3. The largest absolute Gasteiger partial charge is 1.00 e. The molecule has 0 spiro atoms. The average Bonchev–Trinajstić information content (AvgIpc) is 1.60. The number of aliphatic hydroxyl groups is 6. The molecule has 11 heterocycles. The molecule has 8 N–H and O–H groups in total. The number of nitrogens with one attached hydrogen (secondary N) is 2. The first-order chi connectivity index (χ1) is 65.1. The van der Waals surface area contributed by atoms with Gasteiger partial charge in [0.1, 0.15) is 160 Å². The normalized spacial score (nSPS) is 37.5. The van der Waals surface area contributed by atoms with Crippen LogP contribution < -0.4 is 40.2 Å². The van der Waals surface area contributed by atoms with Crippen LogP contribution in [-0.2, 0) is 123 Å². The zero-order valence-corrected chi connectivity index (χ0v) is 93.9. The molecule has 5 unspecified atom stereocenters. The predicted octanol–water partition coefficient (Wildman–Crippen LogP) is 1.38. The molecule has 2 amide bonds. The molecule has 0 aromatic carbocycles. The number of hydrogen-bond acceptors (Lipinski definition) is 32. The first kappa shape index (κ1) is 135. The van der Waals surface area contributed by atoms with E-state index in [1.807, 2.05) is 41.5 Å². The maximum absolute atomic E-state index is 12.3. The fraction of sp³-hybridized carbons (Fsp3) is 0.946. The second-order valence-corrected chi connectivity index (χ2v) is 56.5. The van der Waals surface area contributed by atoms with Crippen LogP contribution in [0.2, 0.25) is 54.4 Å². The van der Waals surface area contributed by atoms with E-state index >= 15 is 0 Å². The summed E-state index contributed by atoms with van der Waals surface area (Å²) >= 11 is 0. The van der Waals surface area contributed by atoms with Crippen LogP contribution in [-0.4, -0.2) is 443 Å². The standard InChI is InChI=1S/C22H39B2NO7Si.C18H27B2NO8.C17H32B2O5Si.C12H25BO2Si.C11H18B2O5.C6H11BO3.C6H11BO2.CH4.Na.H/c1-8-13-19(31-18(27)10-9-17(26)25-5)20(21(24)30-13)28-12-15-14(11-16(23)29-15)32-33(6,7)22(2,3)4;1-4-10-16(26-9(2)22)17(18(20)29-10)25-8-12-11(7-13(19)27-12)28-15(24)6-5-14(23)21-3;1-7-10-14(20)15(16(19)23-10)21-9-12-11(8-13(18)22-12)24-25(5,6)17(2,3)4;1-7-9-10(8-11(13)14-9)15-16(5,6)12(2,3)4;1-2-6-9(15)10(11(13)18-6)16-4-7-5(14)3-8(12)17-7;1-2-3-4(8)5(9)6(7)10-3;1-2-5-4(8)3-6(7)9-5;;;/h13-16,19-21H,8-12H2,1-7H3,(H,25,26);10-13,16-18H,4-8H2,1-3H3,(H,21,23);10-16,20H,7-9H2,1-6H3;9-11H,7-8H2,1-6H3;5-11,14-15H,2-4H2,1H3;3-6,8-9H,2H2,1H3;4-6,8H,2-3H2,1H3;1H4;;/q;;;;;;;;+1;-1/t13-,14-,15-,16-,19+,20?,21-;10-,11-,12-,13-,16+,17?,18-;10-,11-,12-,13-,14+,15?,16-;9-,10-,11-;5-,6-,7-,8-,9+,10?,11-;3-,4+,5?,6-;4-,5-,6-;;;/m1111111.../s1. The van der Waals surface area contributed by atoms with E-state index in [0.717, 1.165) is 19.3 Å². The van der Waals surface area contributed by atoms with Gasteiger partial charge in [-0.1, -0.05) is 118 Å². The molecule has 34 nitrogen and oxygen atoms in total. The third-order valence-corrected chi connectivity index (χ3v) is 41.7. The quantitative estimate of drug-likeness (QED) is 0.0256. The van der Waals surface area contributed by atoms with Gasteiger partial charge in [0.15, 0.2) is 37.2 Å². The molecule has 0 bridgehead atoms. The van der Waals surface area contributed by atoms with Crippen molar-refractivity contribution in [2.24, 2.45) is 0 Å². The van der Waals surface area contributed by atoms with Gasteiger partial charge in [0.2, 0.25) is 11.8 Å². The predicted molar refractivity (Wildman–Crippen MR) is 549 cm³/mol. The zero-order valence-electron chi connectivity index (χ0n) is 89.9. The summed E-state index contributed by atoms with van der Waals surface area (Å²) in [5, 5.41) is 62.6. The summed E-state index contributed by atoms with van der Waals surface area (Å²) < 4.78 is 120. The van der Waals surface area contributed by atoms with Crippen molar-refractivity contribution in [1.82, 2.24) is 10.6 Å². The van der Waals surface area contributed by atoms with Crippen molar-refractivity contribution in [2.75, 3.05) is 40.5 Å². The van der Waals surface area contributed by atoms with Crippen LogP contribution in [0.25, 0.3) is 0 Å². The Morgan fingerprint density at radius 1 is 0.317 bits per heavy atom. The van der Waals surface area contributed by atoms with Crippen molar-refractivity contribution in [3.63, 3.8) is 0 Å². The van der Waals surface area contributed by atoms with Gasteiger partial charge in [0.25, 0.3) is 0 Å². The fourth-order valence-corrected chi connectivity index (χ4v) is 20.7. The van der Waals surface area contributed by atoms with Crippen LogP contribution in [0.5, 0.6) is 0 Å². The number of rotatable bonds is 34. The molecule has 0 aromatic heterocycles. The minimum atomic E-state index is -2.03. The topological polar surface area (TPSA) is 425 Å². The maximum atomic E-state index is 12.3. The summed E-state index contributed by atoms with van der Waals surface area (Å²) in [7, 11) is 61.2. The summed E-state index contributed by atoms with van der Waals surface area (Å²) in [5.41, 5.74) is 0. The summed E-state index contributed by atoms with van der Waals surface area (Å²) in [6, 6.07) is -5.77. The molecule has 0 saturated carbocycles. The fourth-order valence-electron chi connectivity index (χ4n) is 16.7. The molecule has 142 heavy (non-hydrogen) atoms. The van der Waals surface area contributed by atoms with Crippen molar-refractivity contribution in [2.45, 2.75) is 520 Å². The van der Waals surface area contributed by atoms with Crippen molar-refractivity contribution in [3.05, 3.63) is 0 Å². The number of hydrogen-bond donors (Lipinski definition) is 8. The van der Waals surface area contributed by atoms with Gasteiger partial charge in [-0.05, 0) is 131 Å². The molecular weight excluding hydrogens is 1880 g/mol. The van der Waals surface area contributed by atoms with Crippen molar-refractivity contribution in [3.8, 4) is 0 Å². The Morgan fingerprint density at radius 2 is 0.577 bits per heavy atom. The molecule has 0 aromatic rings. The first-order valence-corrected chi connectivity index (χ1v) is 58.9. The van der Waals surface area contributed by atoms with Gasteiger partial charge in [-0.2, -0.15) is 0 Å². The average molecular weight is 2050 g/mol. The molecule has 11 aliphatic rings. The van der Waals surface area contributed by atoms with Crippen LogP contribution in [0.3, 0.4) is 0 Å². The van der Waals surface area contributed by atoms with Crippen molar-refractivity contribution < 1.29 is 184 Å². The van der Waals surface area contributed by atoms with Gasteiger partial charge in [-0.25, -0.2) is 0 Å². The van der Waals surface area contributed by atoms with Crippen molar-refractivity contribution >= 4 is 141 Å². The van der Waals surface area contributed by atoms with E-state index in [4.69, 9.17) is 195 Å². The molecule has 11 fully saturated rings. The molecular formula is C93H168B11N2NaO32Si3. The van der Waals surface area contributed by atoms with Gasteiger partial charge < -0.3 is 141 Å². The van der Waals surface area contributed by atoms with E-state index in [1.54, 1.807) is 0 Å². The van der Waals surface area contributed by atoms with Gasteiger partial charge in [0.05, 0.1) is 119 Å². The van der Waals surface area contributed by atoms with Crippen LogP contribution in [0, 0.1) is 0 Å². The van der Waals surface area contributed by atoms with Crippen LogP contribution in [0.15, 0.2) is 0 Å². The Bertz CT molecular complexity index is 3650. The molecule has 788 valence electrons. The third-order valence-electron chi connectivity index (χ3n) is 28.2. The third kappa shape index (κ3) is 41.2. The van der Waals surface area contributed by atoms with E-state index in [9.17, 15) is 44.4 Å². The summed E-state index contributed by atoms with van der Waals surface area (Å²) in [4.78, 5) is 58.5. The number of ether oxygens (including phenoxy) is 18. The molecule has 0 aliphatic carbocycles. The monoisotopic (exact) mass is 2050 g/mol. The molecule has 38 atom stereocenters. The zero-order chi connectivity index (χ0) is 106. The molecule has 49 heteroatoms. The summed E-state index contributed by atoms with van der Waals surface area (Å²) in [5.74, 6) is -1.95. The minimum absolute atomic E-state index is 0. The van der Waals surface area contributed by atoms with E-state index < -0.39 is 176 Å². The number of aliphatic hydroxyl groups excluding tert-OH is 6. The molecule has 11 rings (SSSR count). The Balaban J connectivity index is 0.000000582. The Morgan fingerprint density at radius 3 is 0.866 bits per heavy atom. The number of carbonyl (C=O) groups is 5. The minimum Gasteiger partial charge on any atom is -1.00 e. The van der Waals surface area contributed by atoms with Crippen molar-refractivity contribution in [1.29, 1.82) is 0 Å². The van der Waals surface area contributed by atoms with E-state index in [1.165, 1.54) is 21.0 Å². The van der Waals surface area contributed by atoms with Crippen LogP contribution in [0.1, 0.15) is 236 Å². The van der Waals surface area contributed by atoms with Crippen LogP contribution >= 0.6 is 0 Å². The summed E-state index contributed by atoms with van der Waals surface area (Å²) in [6.45, 7) is 48.9. The molecule has 22 radical (unpaired) electrons. The number of amides is 2. The maximum Gasteiger partial charge on any atom is 1.00 e. The second-order valence-electron chi connectivity index (χ2n) is 42.2. The van der Waals surface area contributed by atoms with Crippen LogP contribution in [0.4, 0.5) is 0 Å². The van der Waals surface area contributed by atoms with E-state index in [0.29, 0.717) is 64.2 Å². The van der Waals surface area contributed by atoms with Gasteiger partial charge >= 0.3 is 47.5 Å². The van der Waals surface area contributed by atoms with Gasteiger partial charge in [-0.3, -0.25) is 24.0 Å².